The minimum Gasteiger partial charge on any atom is -0.461 e. The van der Waals surface area contributed by atoms with E-state index in [-0.39, 0.29) is 17.2 Å². The van der Waals surface area contributed by atoms with Crippen LogP contribution in [0.3, 0.4) is 0 Å². The summed E-state index contributed by atoms with van der Waals surface area (Å²) in [5, 5.41) is 0. The maximum absolute atomic E-state index is 12.6. The Balaban J connectivity index is 2.56. The molecule has 0 N–H and O–H groups in total. The lowest BCUT2D eigenvalue weighted by Gasteiger charge is -2.11. The number of carbonyl (C=O) groups excluding carboxylic acids is 1. The van der Waals surface area contributed by atoms with Gasteiger partial charge in [0.15, 0.2) is 0 Å². The van der Waals surface area contributed by atoms with Crippen LogP contribution in [0.15, 0.2) is 41.4 Å². The zero-order valence-corrected chi connectivity index (χ0v) is 13.0. The number of hydrogen-bond acceptors (Lipinski definition) is 4. The van der Waals surface area contributed by atoms with Gasteiger partial charge in [-0.1, -0.05) is 17.7 Å². The second kappa shape index (κ2) is 5.73. The molecule has 6 heteroatoms. The van der Waals surface area contributed by atoms with Crippen molar-refractivity contribution in [1.29, 1.82) is 0 Å². The van der Waals surface area contributed by atoms with E-state index in [9.17, 15) is 13.2 Å². The molecule has 0 radical (unpaired) electrons. The van der Waals surface area contributed by atoms with Crippen LogP contribution in [0.1, 0.15) is 28.5 Å². The molecule has 5 nitrogen and oxygen atoms in total. The number of aromatic nitrogens is 1. The van der Waals surface area contributed by atoms with Crippen LogP contribution in [-0.4, -0.2) is 25.0 Å². The number of ether oxygens (including phenoxy) is 1. The predicted octanol–water partition coefficient (Wildman–Crippen LogP) is 2.52. The van der Waals surface area contributed by atoms with Crippen LogP contribution < -0.4 is 0 Å². The van der Waals surface area contributed by atoms with Crippen molar-refractivity contribution in [2.75, 3.05) is 6.61 Å². The highest BCUT2D eigenvalue weighted by molar-refractivity contribution is 7.90. The number of nitrogens with zero attached hydrogens (tertiary/aromatic N) is 1. The Morgan fingerprint density at radius 3 is 2.33 bits per heavy atom. The smallest absolute Gasteiger partial charge is 0.356 e. The van der Waals surface area contributed by atoms with E-state index < -0.39 is 16.0 Å². The van der Waals surface area contributed by atoms with E-state index in [1.165, 1.54) is 18.3 Å². The predicted molar refractivity (Wildman–Crippen MR) is 78.9 cm³/mol. The number of aryl methyl sites for hydroxylation is 2. The van der Waals surface area contributed by atoms with Gasteiger partial charge in [0.05, 0.1) is 11.5 Å². The Morgan fingerprint density at radius 1 is 1.14 bits per heavy atom. The van der Waals surface area contributed by atoms with Crippen LogP contribution in [-0.2, 0) is 14.8 Å². The van der Waals surface area contributed by atoms with Gasteiger partial charge in [0.2, 0.25) is 0 Å². The van der Waals surface area contributed by atoms with E-state index in [0.29, 0.717) is 5.56 Å². The van der Waals surface area contributed by atoms with Gasteiger partial charge < -0.3 is 4.74 Å². The SMILES string of the molecule is CCOC(=O)c1c(C)ccn1S(=O)(=O)c1ccc(C)cc1. The van der Waals surface area contributed by atoms with E-state index in [4.69, 9.17) is 4.74 Å². The van der Waals surface area contributed by atoms with Crippen molar-refractivity contribution < 1.29 is 17.9 Å². The minimum absolute atomic E-state index is 0.0393. The molecular weight excluding hydrogens is 290 g/mol. The Morgan fingerprint density at radius 2 is 1.76 bits per heavy atom. The zero-order valence-electron chi connectivity index (χ0n) is 12.2. The maximum Gasteiger partial charge on any atom is 0.356 e. The quantitative estimate of drug-likeness (QED) is 0.814. The Bertz CT molecular complexity index is 757. The van der Waals surface area contributed by atoms with Crippen molar-refractivity contribution in [2.45, 2.75) is 25.7 Å². The summed E-state index contributed by atoms with van der Waals surface area (Å²) < 4.78 is 31.2. The summed E-state index contributed by atoms with van der Waals surface area (Å²) in [6.45, 7) is 5.41. The molecule has 2 aromatic rings. The molecule has 1 aromatic carbocycles. The number of benzene rings is 1. The maximum atomic E-state index is 12.6. The lowest BCUT2D eigenvalue weighted by atomic mass is 10.2. The average molecular weight is 307 g/mol. The van der Waals surface area contributed by atoms with Crippen molar-refractivity contribution in [2.24, 2.45) is 0 Å². The molecule has 0 atom stereocenters. The van der Waals surface area contributed by atoms with Gasteiger partial charge >= 0.3 is 5.97 Å². The van der Waals surface area contributed by atoms with E-state index >= 15 is 0 Å². The number of hydrogen-bond donors (Lipinski definition) is 0. The van der Waals surface area contributed by atoms with E-state index in [0.717, 1.165) is 9.54 Å². The van der Waals surface area contributed by atoms with Gasteiger partial charge in [-0.3, -0.25) is 0 Å². The van der Waals surface area contributed by atoms with Crippen molar-refractivity contribution in [3.05, 3.63) is 53.3 Å². The molecule has 0 unspecified atom stereocenters. The first-order chi connectivity index (χ1) is 9.87. The summed E-state index contributed by atoms with van der Waals surface area (Å²) in [7, 11) is -3.81. The largest absolute Gasteiger partial charge is 0.461 e. The van der Waals surface area contributed by atoms with E-state index in [1.807, 2.05) is 6.92 Å². The summed E-state index contributed by atoms with van der Waals surface area (Å²) in [5.74, 6) is -0.643. The van der Waals surface area contributed by atoms with Gasteiger partial charge in [0.1, 0.15) is 5.69 Å². The van der Waals surface area contributed by atoms with Gasteiger partial charge in [-0.2, -0.15) is 0 Å². The summed E-state index contributed by atoms with van der Waals surface area (Å²) in [6, 6.07) is 8.06. The first-order valence-electron chi connectivity index (χ1n) is 6.55. The van der Waals surface area contributed by atoms with Gasteiger partial charge in [-0.05, 0) is 44.5 Å². The van der Waals surface area contributed by atoms with Crippen molar-refractivity contribution in [3.8, 4) is 0 Å². The monoisotopic (exact) mass is 307 g/mol. The van der Waals surface area contributed by atoms with Crippen molar-refractivity contribution in [1.82, 2.24) is 3.97 Å². The second-order valence-electron chi connectivity index (χ2n) is 4.68. The highest BCUT2D eigenvalue weighted by Crippen LogP contribution is 2.20. The third-order valence-electron chi connectivity index (χ3n) is 3.10. The van der Waals surface area contributed by atoms with Gasteiger partial charge in [0, 0.05) is 6.20 Å². The Kier molecular flexibility index (Phi) is 4.18. The lowest BCUT2D eigenvalue weighted by molar-refractivity contribution is 0.0517. The average Bonchev–Trinajstić information content (AvgIpc) is 2.82. The molecule has 0 saturated carbocycles. The molecule has 0 spiro atoms. The van der Waals surface area contributed by atoms with Crippen LogP contribution in [0, 0.1) is 13.8 Å². The van der Waals surface area contributed by atoms with Crippen LogP contribution in [0.5, 0.6) is 0 Å². The summed E-state index contributed by atoms with van der Waals surface area (Å²) in [4.78, 5) is 12.1. The number of carbonyl (C=O) groups is 1. The fourth-order valence-electron chi connectivity index (χ4n) is 1.98. The Labute approximate surface area is 124 Å². The molecule has 0 bridgehead atoms. The van der Waals surface area contributed by atoms with Crippen LogP contribution >= 0.6 is 0 Å². The summed E-state index contributed by atoms with van der Waals surface area (Å²) in [6.07, 6.45) is 1.37. The first kappa shape index (κ1) is 15.3. The molecule has 1 aromatic heterocycles. The van der Waals surface area contributed by atoms with Crippen molar-refractivity contribution >= 4 is 16.0 Å². The standard InChI is InChI=1S/C15H17NO4S/c1-4-20-15(17)14-12(3)9-10-16(14)21(18,19)13-7-5-11(2)6-8-13/h5-10H,4H2,1-3H3. The number of rotatable bonds is 4. The molecular formula is C15H17NO4S. The summed E-state index contributed by atoms with van der Waals surface area (Å²) in [5.41, 5.74) is 1.56. The normalized spacial score (nSPS) is 11.4. The highest BCUT2D eigenvalue weighted by Gasteiger charge is 2.25. The molecule has 0 aliphatic heterocycles. The van der Waals surface area contributed by atoms with Crippen LogP contribution in [0.4, 0.5) is 0 Å². The molecule has 21 heavy (non-hydrogen) atoms. The van der Waals surface area contributed by atoms with Crippen LogP contribution in [0.2, 0.25) is 0 Å². The van der Waals surface area contributed by atoms with Crippen molar-refractivity contribution in [3.63, 3.8) is 0 Å². The molecule has 1 heterocycles. The molecule has 0 saturated heterocycles. The third kappa shape index (κ3) is 2.85. The topological polar surface area (TPSA) is 65.4 Å². The molecule has 0 aliphatic rings. The lowest BCUT2D eigenvalue weighted by Crippen LogP contribution is -2.20. The minimum atomic E-state index is -3.81. The van der Waals surface area contributed by atoms with Gasteiger partial charge in [-0.25, -0.2) is 17.2 Å². The molecule has 0 aliphatic carbocycles. The van der Waals surface area contributed by atoms with E-state index in [2.05, 4.69) is 0 Å². The van der Waals surface area contributed by atoms with E-state index in [1.54, 1.807) is 32.0 Å². The second-order valence-corrected chi connectivity index (χ2v) is 6.50. The molecule has 112 valence electrons. The van der Waals surface area contributed by atoms with Gasteiger partial charge in [-0.15, -0.1) is 0 Å². The van der Waals surface area contributed by atoms with Crippen LogP contribution in [0.25, 0.3) is 0 Å². The fraction of sp³-hybridized carbons (Fsp3) is 0.267. The highest BCUT2D eigenvalue weighted by atomic mass is 32.2. The molecule has 0 fully saturated rings. The van der Waals surface area contributed by atoms with Gasteiger partial charge in [0.25, 0.3) is 10.0 Å². The third-order valence-corrected chi connectivity index (χ3v) is 4.79. The zero-order chi connectivity index (χ0) is 15.6. The first-order valence-corrected chi connectivity index (χ1v) is 7.99. The summed E-state index contributed by atoms with van der Waals surface area (Å²) >= 11 is 0. The molecule has 0 amide bonds. The number of esters is 1. The Hall–Kier alpha value is -2.08. The molecule has 2 rings (SSSR count). The fourth-order valence-corrected chi connectivity index (χ4v) is 3.37.